The molecule has 1 aliphatic heterocycles. The molecule has 7 heteroatoms. The summed E-state index contributed by atoms with van der Waals surface area (Å²) >= 11 is 3.15. The van der Waals surface area contributed by atoms with Crippen LogP contribution >= 0.6 is 15.9 Å². The number of nitrogens with zero attached hydrogens (tertiary/aromatic N) is 1. The Morgan fingerprint density at radius 2 is 2.15 bits per heavy atom. The number of carbonyl (C=O) groups excluding carboxylic acids is 1. The Morgan fingerprint density at radius 3 is 2.75 bits per heavy atom. The summed E-state index contributed by atoms with van der Waals surface area (Å²) in [6.07, 6.45) is -4.45. The molecule has 0 bridgehead atoms. The quantitative estimate of drug-likeness (QED) is 0.844. The first-order valence-corrected chi connectivity index (χ1v) is 6.98. The SMILES string of the molecule is C[C@@H]1CNCCN1C(=O)c1cc(C(F)(F)F)ccc1Br. The van der Waals surface area contributed by atoms with E-state index in [0.717, 1.165) is 12.1 Å². The molecule has 3 nitrogen and oxygen atoms in total. The van der Waals surface area contributed by atoms with Crippen LogP contribution in [0.2, 0.25) is 0 Å². The molecule has 0 spiro atoms. The van der Waals surface area contributed by atoms with Gasteiger partial charge >= 0.3 is 6.18 Å². The zero-order chi connectivity index (χ0) is 14.9. The molecule has 0 aromatic heterocycles. The number of carbonyl (C=O) groups is 1. The first kappa shape index (κ1) is 15.3. The number of benzene rings is 1. The molecule has 1 aromatic rings. The molecule has 20 heavy (non-hydrogen) atoms. The Bertz CT molecular complexity index is 519. The van der Waals surface area contributed by atoms with Crippen LogP contribution < -0.4 is 5.32 Å². The molecule has 0 radical (unpaired) electrons. The van der Waals surface area contributed by atoms with Crippen LogP contribution in [0.15, 0.2) is 22.7 Å². The number of amides is 1. The summed E-state index contributed by atoms with van der Waals surface area (Å²) in [5.74, 6) is -0.378. The molecular formula is C13H14BrF3N2O. The van der Waals surface area contributed by atoms with Crippen molar-refractivity contribution in [2.75, 3.05) is 19.6 Å². The topological polar surface area (TPSA) is 32.3 Å². The van der Waals surface area contributed by atoms with Crippen molar-refractivity contribution in [3.63, 3.8) is 0 Å². The normalized spacial score (nSPS) is 20.1. The fourth-order valence-electron chi connectivity index (χ4n) is 2.16. The van der Waals surface area contributed by atoms with Gasteiger partial charge in [0.25, 0.3) is 5.91 Å². The first-order chi connectivity index (χ1) is 9.30. The largest absolute Gasteiger partial charge is 0.416 e. The summed E-state index contributed by atoms with van der Waals surface area (Å²) in [6, 6.07) is 3.09. The van der Waals surface area contributed by atoms with Gasteiger partial charge < -0.3 is 10.2 Å². The third-order valence-electron chi connectivity index (χ3n) is 3.29. The van der Waals surface area contributed by atoms with E-state index in [4.69, 9.17) is 0 Å². The highest BCUT2D eigenvalue weighted by Gasteiger charge is 2.33. The van der Waals surface area contributed by atoms with Gasteiger partial charge in [-0.2, -0.15) is 13.2 Å². The van der Waals surface area contributed by atoms with Crippen molar-refractivity contribution >= 4 is 21.8 Å². The van der Waals surface area contributed by atoms with Gasteiger partial charge in [0.2, 0.25) is 0 Å². The molecule has 2 rings (SSSR count). The average Bonchev–Trinajstić information content (AvgIpc) is 2.37. The molecule has 0 unspecified atom stereocenters. The van der Waals surface area contributed by atoms with Crippen LogP contribution in [0.5, 0.6) is 0 Å². The van der Waals surface area contributed by atoms with E-state index < -0.39 is 11.7 Å². The summed E-state index contributed by atoms with van der Waals surface area (Å²) < 4.78 is 38.6. The van der Waals surface area contributed by atoms with E-state index in [9.17, 15) is 18.0 Å². The number of hydrogen-bond donors (Lipinski definition) is 1. The molecule has 0 saturated carbocycles. The summed E-state index contributed by atoms with van der Waals surface area (Å²) in [5, 5.41) is 3.14. The van der Waals surface area contributed by atoms with Gasteiger partial charge in [-0.25, -0.2) is 0 Å². The predicted molar refractivity (Wildman–Crippen MR) is 72.5 cm³/mol. The van der Waals surface area contributed by atoms with Crippen molar-refractivity contribution in [1.82, 2.24) is 10.2 Å². The van der Waals surface area contributed by atoms with E-state index in [2.05, 4.69) is 21.2 Å². The molecule has 1 atom stereocenters. The van der Waals surface area contributed by atoms with Crippen molar-refractivity contribution in [2.24, 2.45) is 0 Å². The number of hydrogen-bond acceptors (Lipinski definition) is 2. The lowest BCUT2D eigenvalue weighted by Crippen LogP contribution is -2.52. The van der Waals surface area contributed by atoms with Crippen molar-refractivity contribution < 1.29 is 18.0 Å². The van der Waals surface area contributed by atoms with Crippen molar-refractivity contribution in [3.8, 4) is 0 Å². The molecule has 1 fully saturated rings. The van der Waals surface area contributed by atoms with Crippen LogP contribution in [0.4, 0.5) is 13.2 Å². The molecule has 0 aliphatic carbocycles. The van der Waals surface area contributed by atoms with Gasteiger partial charge in [-0.05, 0) is 41.1 Å². The highest BCUT2D eigenvalue weighted by molar-refractivity contribution is 9.10. The second-order valence-electron chi connectivity index (χ2n) is 4.74. The maximum atomic E-state index is 12.7. The lowest BCUT2D eigenvalue weighted by Gasteiger charge is -2.34. The smallest absolute Gasteiger partial charge is 0.333 e. The fraction of sp³-hybridized carbons (Fsp3) is 0.462. The maximum Gasteiger partial charge on any atom is 0.416 e. The molecule has 1 aromatic carbocycles. The average molecular weight is 351 g/mol. The monoisotopic (exact) mass is 350 g/mol. The van der Waals surface area contributed by atoms with E-state index in [1.54, 1.807) is 4.90 Å². The molecule has 1 aliphatic rings. The summed E-state index contributed by atoms with van der Waals surface area (Å²) in [4.78, 5) is 14.0. The van der Waals surface area contributed by atoms with Gasteiger partial charge in [0.1, 0.15) is 0 Å². The molecular weight excluding hydrogens is 337 g/mol. The van der Waals surface area contributed by atoms with Crippen molar-refractivity contribution in [3.05, 3.63) is 33.8 Å². The van der Waals surface area contributed by atoms with Crippen LogP contribution in [0.1, 0.15) is 22.8 Å². The van der Waals surface area contributed by atoms with Gasteiger partial charge in [-0.1, -0.05) is 0 Å². The van der Waals surface area contributed by atoms with Crippen LogP contribution in [0.3, 0.4) is 0 Å². The van der Waals surface area contributed by atoms with Crippen molar-refractivity contribution in [1.29, 1.82) is 0 Å². The minimum atomic E-state index is -4.45. The summed E-state index contributed by atoms with van der Waals surface area (Å²) in [5.41, 5.74) is -0.764. The number of alkyl halides is 3. The van der Waals surface area contributed by atoms with Gasteiger partial charge in [0.15, 0.2) is 0 Å². The van der Waals surface area contributed by atoms with E-state index >= 15 is 0 Å². The minimum Gasteiger partial charge on any atom is -0.333 e. The Kier molecular flexibility index (Phi) is 4.39. The number of piperazine rings is 1. The number of halogens is 4. The molecule has 1 amide bonds. The predicted octanol–water partition coefficient (Wildman–Crippen LogP) is 2.90. The zero-order valence-electron chi connectivity index (χ0n) is 10.8. The van der Waals surface area contributed by atoms with Gasteiger partial charge in [-0.15, -0.1) is 0 Å². The lowest BCUT2D eigenvalue weighted by atomic mass is 10.1. The van der Waals surface area contributed by atoms with Crippen LogP contribution in [-0.2, 0) is 6.18 Å². The second kappa shape index (κ2) is 5.73. The number of nitrogens with one attached hydrogen (secondary N) is 1. The molecule has 1 saturated heterocycles. The highest BCUT2D eigenvalue weighted by atomic mass is 79.9. The van der Waals surface area contributed by atoms with Gasteiger partial charge in [0, 0.05) is 30.1 Å². The van der Waals surface area contributed by atoms with E-state index in [1.807, 2.05) is 6.92 Å². The van der Waals surface area contributed by atoms with E-state index in [0.29, 0.717) is 24.1 Å². The van der Waals surface area contributed by atoms with Gasteiger partial charge in [0.05, 0.1) is 11.1 Å². The second-order valence-corrected chi connectivity index (χ2v) is 5.60. The third kappa shape index (κ3) is 3.15. The summed E-state index contributed by atoms with van der Waals surface area (Å²) in [6.45, 7) is 3.64. The Balaban J connectivity index is 2.33. The maximum absolute atomic E-state index is 12.7. The molecule has 1 N–H and O–H groups in total. The van der Waals surface area contributed by atoms with Gasteiger partial charge in [-0.3, -0.25) is 4.79 Å². The Labute approximate surface area is 123 Å². The fourth-order valence-corrected chi connectivity index (χ4v) is 2.58. The van der Waals surface area contributed by atoms with E-state index in [1.165, 1.54) is 6.07 Å². The van der Waals surface area contributed by atoms with Crippen LogP contribution in [-0.4, -0.2) is 36.5 Å². The third-order valence-corrected chi connectivity index (χ3v) is 3.98. The van der Waals surface area contributed by atoms with Crippen molar-refractivity contribution in [2.45, 2.75) is 19.1 Å². The van der Waals surface area contributed by atoms with Crippen LogP contribution in [0, 0.1) is 0 Å². The van der Waals surface area contributed by atoms with E-state index in [-0.39, 0.29) is 17.5 Å². The Morgan fingerprint density at radius 1 is 1.45 bits per heavy atom. The highest BCUT2D eigenvalue weighted by Crippen LogP contribution is 2.32. The standard InChI is InChI=1S/C13H14BrF3N2O/c1-8-7-18-4-5-19(8)12(20)10-6-9(13(15,16)17)2-3-11(10)14/h2-3,6,8,18H,4-5,7H2,1H3/t8-/m1/s1. The molecule has 1 heterocycles. The lowest BCUT2D eigenvalue weighted by molar-refractivity contribution is -0.137. The zero-order valence-corrected chi connectivity index (χ0v) is 12.4. The molecule has 110 valence electrons. The number of rotatable bonds is 1. The van der Waals surface area contributed by atoms with Crippen LogP contribution in [0.25, 0.3) is 0 Å². The Hall–Kier alpha value is -1.08. The summed E-state index contributed by atoms with van der Waals surface area (Å²) in [7, 11) is 0. The minimum absolute atomic E-state index is 0.0438. The first-order valence-electron chi connectivity index (χ1n) is 6.19.